The van der Waals surface area contributed by atoms with Crippen molar-refractivity contribution < 1.29 is 9.90 Å². The minimum absolute atomic E-state index is 0.210. The number of unbranched alkanes of at least 4 members (excludes halogenated alkanes) is 2. The van der Waals surface area contributed by atoms with Gasteiger partial charge < -0.3 is 5.11 Å². The standard InChI is InChI=1S/C18H19BrO2/c1-2-3-4-5-17(20)14-8-6-13(7-9-14)15-10-11-18(21)16(19)12-15/h6-12,21H,2-5H2,1H3. The Bertz CT molecular complexity index is 618. The van der Waals surface area contributed by atoms with E-state index in [1.54, 1.807) is 6.07 Å². The first kappa shape index (κ1) is 15.8. The van der Waals surface area contributed by atoms with Gasteiger partial charge in [0.25, 0.3) is 0 Å². The molecule has 0 aliphatic carbocycles. The molecule has 0 atom stereocenters. The summed E-state index contributed by atoms with van der Waals surface area (Å²) in [6.45, 7) is 2.13. The molecular weight excluding hydrogens is 328 g/mol. The Labute approximate surface area is 134 Å². The lowest BCUT2D eigenvalue weighted by Crippen LogP contribution is -1.98. The first-order chi connectivity index (χ1) is 10.1. The van der Waals surface area contributed by atoms with Crippen LogP contribution in [0.1, 0.15) is 43.0 Å². The number of hydrogen-bond donors (Lipinski definition) is 1. The number of carbonyl (C=O) groups excluding carboxylic acids is 1. The molecule has 0 heterocycles. The summed E-state index contributed by atoms with van der Waals surface area (Å²) in [6, 6.07) is 13.0. The Hall–Kier alpha value is -1.61. The molecule has 0 fully saturated rings. The molecule has 0 aliphatic rings. The van der Waals surface area contributed by atoms with E-state index in [1.807, 2.05) is 36.4 Å². The predicted octanol–water partition coefficient (Wildman–Crippen LogP) is 5.58. The number of carbonyl (C=O) groups is 1. The van der Waals surface area contributed by atoms with Crippen molar-refractivity contribution in [2.24, 2.45) is 0 Å². The van der Waals surface area contributed by atoms with E-state index in [-0.39, 0.29) is 11.5 Å². The number of benzene rings is 2. The van der Waals surface area contributed by atoms with Crippen molar-refractivity contribution in [2.75, 3.05) is 0 Å². The monoisotopic (exact) mass is 346 g/mol. The van der Waals surface area contributed by atoms with Crippen LogP contribution in [-0.4, -0.2) is 10.9 Å². The zero-order valence-electron chi connectivity index (χ0n) is 12.1. The Morgan fingerprint density at radius 2 is 1.71 bits per heavy atom. The van der Waals surface area contributed by atoms with E-state index in [2.05, 4.69) is 22.9 Å². The zero-order chi connectivity index (χ0) is 15.2. The van der Waals surface area contributed by atoms with E-state index >= 15 is 0 Å². The van der Waals surface area contributed by atoms with Crippen LogP contribution in [0.4, 0.5) is 0 Å². The summed E-state index contributed by atoms with van der Waals surface area (Å²) in [5, 5.41) is 9.52. The number of hydrogen-bond acceptors (Lipinski definition) is 2. The van der Waals surface area contributed by atoms with Crippen LogP contribution in [-0.2, 0) is 0 Å². The van der Waals surface area contributed by atoms with Gasteiger partial charge in [-0.15, -0.1) is 0 Å². The highest BCUT2D eigenvalue weighted by atomic mass is 79.9. The maximum atomic E-state index is 12.0. The highest BCUT2D eigenvalue weighted by Crippen LogP contribution is 2.29. The Balaban J connectivity index is 2.11. The minimum atomic E-state index is 0.210. The first-order valence-corrected chi connectivity index (χ1v) is 8.03. The van der Waals surface area contributed by atoms with Crippen LogP contribution in [0.5, 0.6) is 5.75 Å². The van der Waals surface area contributed by atoms with Gasteiger partial charge in [0.2, 0.25) is 0 Å². The van der Waals surface area contributed by atoms with E-state index in [0.29, 0.717) is 10.9 Å². The maximum absolute atomic E-state index is 12.0. The van der Waals surface area contributed by atoms with Crippen molar-refractivity contribution in [1.29, 1.82) is 0 Å². The van der Waals surface area contributed by atoms with Gasteiger partial charge in [0.05, 0.1) is 4.47 Å². The molecule has 0 bridgehead atoms. The molecule has 0 spiro atoms. The number of aromatic hydroxyl groups is 1. The van der Waals surface area contributed by atoms with E-state index in [0.717, 1.165) is 36.0 Å². The Morgan fingerprint density at radius 1 is 1.05 bits per heavy atom. The van der Waals surface area contributed by atoms with Gasteiger partial charge in [-0.1, -0.05) is 50.1 Å². The average molecular weight is 347 g/mol. The number of ketones is 1. The molecule has 1 N–H and O–H groups in total. The van der Waals surface area contributed by atoms with Crippen LogP contribution in [0.3, 0.4) is 0 Å². The molecule has 21 heavy (non-hydrogen) atoms. The second-order valence-electron chi connectivity index (χ2n) is 5.12. The van der Waals surface area contributed by atoms with E-state index in [4.69, 9.17) is 0 Å². The van der Waals surface area contributed by atoms with Gasteiger partial charge in [0.15, 0.2) is 5.78 Å². The van der Waals surface area contributed by atoms with Gasteiger partial charge in [-0.3, -0.25) is 4.79 Å². The Kier molecular flexibility index (Phi) is 5.57. The normalized spacial score (nSPS) is 10.6. The fraction of sp³-hybridized carbons (Fsp3) is 0.278. The summed E-state index contributed by atoms with van der Waals surface area (Å²) < 4.78 is 0.666. The third-order valence-corrected chi connectivity index (χ3v) is 4.13. The molecular formula is C18H19BrO2. The third-order valence-electron chi connectivity index (χ3n) is 3.50. The van der Waals surface area contributed by atoms with Gasteiger partial charge in [-0.2, -0.15) is 0 Å². The number of Topliss-reactive ketones (excluding diaryl/α,β-unsaturated/α-hetero) is 1. The van der Waals surface area contributed by atoms with Crippen molar-refractivity contribution in [2.45, 2.75) is 32.6 Å². The molecule has 110 valence electrons. The van der Waals surface area contributed by atoms with Gasteiger partial charge in [0.1, 0.15) is 5.75 Å². The van der Waals surface area contributed by atoms with Gasteiger partial charge >= 0.3 is 0 Å². The van der Waals surface area contributed by atoms with Crippen LogP contribution >= 0.6 is 15.9 Å². The zero-order valence-corrected chi connectivity index (χ0v) is 13.7. The third kappa shape index (κ3) is 4.18. The quantitative estimate of drug-likeness (QED) is 0.547. The SMILES string of the molecule is CCCCCC(=O)c1ccc(-c2ccc(O)c(Br)c2)cc1. The molecule has 0 aliphatic heterocycles. The lowest BCUT2D eigenvalue weighted by atomic mass is 10.0. The number of phenolic OH excluding ortho intramolecular Hbond substituents is 1. The maximum Gasteiger partial charge on any atom is 0.162 e. The predicted molar refractivity (Wildman–Crippen MR) is 89.7 cm³/mol. The molecule has 2 rings (SSSR count). The van der Waals surface area contributed by atoms with Gasteiger partial charge in [-0.05, 0) is 45.6 Å². The van der Waals surface area contributed by atoms with Crippen LogP contribution < -0.4 is 0 Å². The number of halogens is 1. The van der Waals surface area contributed by atoms with E-state index in [1.165, 1.54) is 0 Å². The average Bonchev–Trinajstić information content (AvgIpc) is 2.50. The molecule has 0 saturated carbocycles. The van der Waals surface area contributed by atoms with Crippen LogP contribution in [0, 0.1) is 0 Å². The molecule has 0 unspecified atom stereocenters. The lowest BCUT2D eigenvalue weighted by Gasteiger charge is -2.06. The van der Waals surface area contributed by atoms with E-state index in [9.17, 15) is 9.90 Å². The number of rotatable bonds is 6. The van der Waals surface area contributed by atoms with Crippen LogP contribution in [0.25, 0.3) is 11.1 Å². The van der Waals surface area contributed by atoms with Gasteiger partial charge in [0, 0.05) is 12.0 Å². The molecule has 0 amide bonds. The largest absolute Gasteiger partial charge is 0.507 e. The minimum Gasteiger partial charge on any atom is -0.507 e. The van der Waals surface area contributed by atoms with Crippen molar-refractivity contribution in [3.63, 3.8) is 0 Å². The molecule has 0 radical (unpaired) electrons. The Morgan fingerprint density at radius 3 is 2.33 bits per heavy atom. The molecule has 3 heteroatoms. The van der Waals surface area contributed by atoms with Crippen LogP contribution in [0.15, 0.2) is 46.9 Å². The summed E-state index contributed by atoms with van der Waals surface area (Å²) in [5.74, 6) is 0.434. The molecule has 0 aromatic heterocycles. The molecule has 2 nitrogen and oxygen atoms in total. The molecule has 0 saturated heterocycles. The first-order valence-electron chi connectivity index (χ1n) is 7.24. The number of phenols is 1. The van der Waals surface area contributed by atoms with Crippen molar-refractivity contribution >= 4 is 21.7 Å². The van der Waals surface area contributed by atoms with E-state index < -0.39 is 0 Å². The highest BCUT2D eigenvalue weighted by Gasteiger charge is 2.07. The summed E-state index contributed by atoms with van der Waals surface area (Å²) in [7, 11) is 0. The molecule has 2 aromatic carbocycles. The summed E-state index contributed by atoms with van der Waals surface area (Å²) in [6.07, 6.45) is 3.81. The fourth-order valence-corrected chi connectivity index (χ4v) is 2.59. The second kappa shape index (κ2) is 7.41. The summed E-state index contributed by atoms with van der Waals surface area (Å²) in [4.78, 5) is 12.0. The summed E-state index contributed by atoms with van der Waals surface area (Å²) in [5.41, 5.74) is 2.80. The molecule has 2 aromatic rings. The highest BCUT2D eigenvalue weighted by molar-refractivity contribution is 9.10. The van der Waals surface area contributed by atoms with Crippen molar-refractivity contribution in [3.8, 4) is 16.9 Å². The fourth-order valence-electron chi connectivity index (χ4n) is 2.21. The van der Waals surface area contributed by atoms with Gasteiger partial charge in [-0.25, -0.2) is 0 Å². The summed E-state index contributed by atoms with van der Waals surface area (Å²) >= 11 is 3.31. The lowest BCUT2D eigenvalue weighted by molar-refractivity contribution is 0.0979. The topological polar surface area (TPSA) is 37.3 Å². The smallest absolute Gasteiger partial charge is 0.162 e. The van der Waals surface area contributed by atoms with Crippen molar-refractivity contribution in [3.05, 3.63) is 52.5 Å². The second-order valence-corrected chi connectivity index (χ2v) is 5.98. The van der Waals surface area contributed by atoms with Crippen LogP contribution in [0.2, 0.25) is 0 Å². The van der Waals surface area contributed by atoms with Crippen molar-refractivity contribution in [1.82, 2.24) is 0 Å².